The van der Waals surface area contributed by atoms with Gasteiger partial charge in [-0.2, -0.15) is 0 Å². The third kappa shape index (κ3) is 3.59. The van der Waals surface area contributed by atoms with Gasteiger partial charge < -0.3 is 5.32 Å². The molecular formula is C14H10BrClN2O3. The predicted molar refractivity (Wildman–Crippen MR) is 84.9 cm³/mol. The lowest BCUT2D eigenvalue weighted by molar-refractivity contribution is -0.384. The van der Waals surface area contributed by atoms with Crippen molar-refractivity contribution >= 4 is 44.8 Å². The van der Waals surface area contributed by atoms with Crippen LogP contribution in [0.4, 0.5) is 11.4 Å². The Bertz CT molecular complexity index is 734. The first kappa shape index (κ1) is 15.5. The second kappa shape index (κ2) is 6.24. The van der Waals surface area contributed by atoms with Crippen LogP contribution in [0.5, 0.6) is 0 Å². The first-order valence-electron chi connectivity index (χ1n) is 5.90. The van der Waals surface area contributed by atoms with Gasteiger partial charge in [-0.15, -0.1) is 0 Å². The van der Waals surface area contributed by atoms with E-state index < -0.39 is 4.92 Å². The second-order valence-electron chi connectivity index (χ2n) is 4.33. The van der Waals surface area contributed by atoms with Crippen LogP contribution in [0, 0.1) is 17.0 Å². The number of rotatable bonds is 3. The predicted octanol–water partition coefficient (Wildman–Crippen LogP) is 4.57. The quantitative estimate of drug-likeness (QED) is 0.636. The van der Waals surface area contributed by atoms with Crippen LogP contribution >= 0.6 is 27.5 Å². The molecule has 0 radical (unpaired) electrons. The van der Waals surface area contributed by atoms with E-state index in [1.807, 2.05) is 0 Å². The monoisotopic (exact) mass is 368 g/mol. The smallest absolute Gasteiger partial charge is 0.269 e. The topological polar surface area (TPSA) is 72.2 Å². The third-order valence-electron chi connectivity index (χ3n) is 2.84. The molecule has 7 heteroatoms. The van der Waals surface area contributed by atoms with E-state index in [1.54, 1.807) is 25.1 Å². The molecule has 0 aliphatic carbocycles. The maximum Gasteiger partial charge on any atom is 0.269 e. The lowest BCUT2D eigenvalue weighted by atomic mass is 10.1. The molecule has 1 N–H and O–H groups in total. The molecule has 1 amide bonds. The van der Waals surface area contributed by atoms with Crippen molar-refractivity contribution in [2.45, 2.75) is 6.92 Å². The summed E-state index contributed by atoms with van der Waals surface area (Å²) in [5.74, 6) is -0.373. The minimum Gasteiger partial charge on any atom is -0.321 e. The van der Waals surface area contributed by atoms with E-state index in [0.29, 0.717) is 21.8 Å². The van der Waals surface area contributed by atoms with Gasteiger partial charge in [-0.3, -0.25) is 14.9 Å². The fraction of sp³-hybridized carbons (Fsp3) is 0.0714. The van der Waals surface area contributed by atoms with E-state index in [2.05, 4.69) is 21.2 Å². The molecule has 0 bridgehead atoms. The molecule has 5 nitrogen and oxygen atoms in total. The Kier molecular flexibility index (Phi) is 4.59. The molecule has 0 aliphatic rings. The van der Waals surface area contributed by atoms with Gasteiger partial charge in [0.25, 0.3) is 11.6 Å². The average Bonchev–Trinajstić information content (AvgIpc) is 2.42. The van der Waals surface area contributed by atoms with Crippen molar-refractivity contribution in [3.63, 3.8) is 0 Å². The van der Waals surface area contributed by atoms with Crippen LogP contribution in [0.3, 0.4) is 0 Å². The first-order valence-corrected chi connectivity index (χ1v) is 7.07. The number of nitrogens with one attached hydrogen (secondary N) is 1. The largest absolute Gasteiger partial charge is 0.321 e. The minimum absolute atomic E-state index is 0.0514. The Labute approximate surface area is 134 Å². The number of hydrogen-bond acceptors (Lipinski definition) is 3. The van der Waals surface area contributed by atoms with E-state index in [1.165, 1.54) is 18.2 Å². The lowest BCUT2D eigenvalue weighted by Crippen LogP contribution is -2.13. The number of halogens is 2. The summed E-state index contributed by atoms with van der Waals surface area (Å²) in [6.07, 6.45) is 0. The number of hydrogen-bond donors (Lipinski definition) is 1. The van der Waals surface area contributed by atoms with Crippen molar-refractivity contribution in [3.05, 3.63) is 67.1 Å². The van der Waals surface area contributed by atoms with Crippen LogP contribution < -0.4 is 5.32 Å². The van der Waals surface area contributed by atoms with Crippen LogP contribution in [-0.4, -0.2) is 10.8 Å². The highest BCUT2D eigenvalue weighted by Crippen LogP contribution is 2.27. The van der Waals surface area contributed by atoms with Crippen LogP contribution in [0.1, 0.15) is 15.9 Å². The molecule has 0 unspecified atom stereocenters. The minimum atomic E-state index is -0.500. The first-order chi connectivity index (χ1) is 9.88. The van der Waals surface area contributed by atoms with Crippen LogP contribution in [-0.2, 0) is 0 Å². The van der Waals surface area contributed by atoms with Gasteiger partial charge >= 0.3 is 0 Å². The van der Waals surface area contributed by atoms with E-state index in [4.69, 9.17) is 11.6 Å². The van der Waals surface area contributed by atoms with E-state index in [0.717, 1.165) is 4.47 Å². The Morgan fingerprint density at radius 1 is 1.29 bits per heavy atom. The molecule has 21 heavy (non-hydrogen) atoms. The summed E-state index contributed by atoms with van der Waals surface area (Å²) in [6.45, 7) is 1.64. The zero-order valence-corrected chi connectivity index (χ0v) is 13.2. The highest BCUT2D eigenvalue weighted by Gasteiger charge is 2.14. The van der Waals surface area contributed by atoms with E-state index in [-0.39, 0.29) is 11.6 Å². The van der Waals surface area contributed by atoms with Crippen LogP contribution in [0.2, 0.25) is 5.02 Å². The SMILES string of the molecule is Cc1cc([N+](=O)[O-])ccc1C(=O)Nc1cc(Br)ccc1Cl. The van der Waals surface area contributed by atoms with Gasteiger partial charge in [0.2, 0.25) is 0 Å². The fourth-order valence-electron chi connectivity index (χ4n) is 1.80. The summed E-state index contributed by atoms with van der Waals surface area (Å²) >= 11 is 9.31. The Hall–Kier alpha value is -1.92. The van der Waals surface area contributed by atoms with Crippen molar-refractivity contribution < 1.29 is 9.72 Å². The van der Waals surface area contributed by atoms with Gasteiger partial charge in [0, 0.05) is 22.2 Å². The van der Waals surface area contributed by atoms with Crippen molar-refractivity contribution in [2.24, 2.45) is 0 Å². The molecule has 0 fully saturated rings. The molecule has 0 saturated carbocycles. The van der Waals surface area contributed by atoms with Gasteiger partial charge in [-0.25, -0.2) is 0 Å². The van der Waals surface area contributed by atoms with Crippen molar-refractivity contribution in [1.82, 2.24) is 0 Å². The number of amides is 1. The summed E-state index contributed by atoms with van der Waals surface area (Å²) in [6, 6.07) is 9.18. The number of anilines is 1. The molecule has 0 spiro atoms. The number of carbonyl (C=O) groups is 1. The fourth-order valence-corrected chi connectivity index (χ4v) is 2.32. The summed E-state index contributed by atoms with van der Waals surface area (Å²) in [7, 11) is 0. The Balaban J connectivity index is 2.28. The number of carbonyl (C=O) groups excluding carboxylic acids is 1. The van der Waals surface area contributed by atoms with Crippen LogP contribution in [0.25, 0.3) is 0 Å². The molecular weight excluding hydrogens is 360 g/mol. The average molecular weight is 370 g/mol. The molecule has 0 aliphatic heterocycles. The molecule has 0 saturated heterocycles. The molecule has 2 aromatic rings. The van der Waals surface area contributed by atoms with Crippen LogP contribution in [0.15, 0.2) is 40.9 Å². The lowest BCUT2D eigenvalue weighted by Gasteiger charge is -2.09. The summed E-state index contributed by atoms with van der Waals surface area (Å²) in [5, 5.41) is 13.8. The Morgan fingerprint density at radius 2 is 2.00 bits per heavy atom. The van der Waals surface area contributed by atoms with Gasteiger partial charge in [0.15, 0.2) is 0 Å². The van der Waals surface area contributed by atoms with Gasteiger partial charge in [0.1, 0.15) is 0 Å². The number of nitro groups is 1. The van der Waals surface area contributed by atoms with Crippen molar-refractivity contribution in [1.29, 1.82) is 0 Å². The van der Waals surface area contributed by atoms with Gasteiger partial charge in [-0.1, -0.05) is 27.5 Å². The molecule has 108 valence electrons. The third-order valence-corrected chi connectivity index (χ3v) is 3.66. The summed E-state index contributed by atoms with van der Waals surface area (Å²) in [4.78, 5) is 22.4. The maximum absolute atomic E-state index is 12.2. The molecule has 0 atom stereocenters. The highest BCUT2D eigenvalue weighted by molar-refractivity contribution is 9.10. The number of benzene rings is 2. The van der Waals surface area contributed by atoms with Gasteiger partial charge in [-0.05, 0) is 36.8 Å². The number of aryl methyl sites for hydroxylation is 1. The maximum atomic E-state index is 12.2. The van der Waals surface area contributed by atoms with Gasteiger partial charge in [0.05, 0.1) is 15.6 Å². The van der Waals surface area contributed by atoms with E-state index >= 15 is 0 Å². The second-order valence-corrected chi connectivity index (χ2v) is 5.66. The molecule has 0 heterocycles. The molecule has 2 aromatic carbocycles. The Morgan fingerprint density at radius 3 is 2.62 bits per heavy atom. The standard InChI is InChI=1S/C14H10BrClN2O3/c1-8-6-10(18(20)21)3-4-11(8)14(19)17-13-7-9(15)2-5-12(13)16/h2-7H,1H3,(H,17,19). The number of non-ortho nitro benzene ring substituents is 1. The summed E-state index contributed by atoms with van der Waals surface area (Å²) in [5.41, 5.74) is 1.29. The number of nitrogens with zero attached hydrogens (tertiary/aromatic N) is 1. The molecule has 0 aromatic heterocycles. The highest BCUT2D eigenvalue weighted by atomic mass is 79.9. The van der Waals surface area contributed by atoms with Crippen molar-refractivity contribution in [3.8, 4) is 0 Å². The summed E-state index contributed by atoms with van der Waals surface area (Å²) < 4.78 is 0.780. The zero-order chi connectivity index (χ0) is 15.6. The van der Waals surface area contributed by atoms with Crippen molar-refractivity contribution in [2.75, 3.05) is 5.32 Å². The normalized spacial score (nSPS) is 10.2. The van der Waals surface area contributed by atoms with E-state index in [9.17, 15) is 14.9 Å². The molecule has 2 rings (SSSR count). The number of nitro benzene ring substituents is 1. The zero-order valence-electron chi connectivity index (χ0n) is 10.9.